The number of ether oxygens (including phenoxy) is 5. The highest BCUT2D eigenvalue weighted by Crippen LogP contribution is 2.31. The van der Waals surface area contributed by atoms with Crippen LogP contribution in [-0.4, -0.2) is 48.9 Å². The van der Waals surface area contributed by atoms with Gasteiger partial charge in [-0.15, -0.1) is 0 Å². The fourth-order valence-electron chi connectivity index (χ4n) is 3.15. The highest BCUT2D eigenvalue weighted by molar-refractivity contribution is 5.79. The van der Waals surface area contributed by atoms with E-state index in [1.807, 2.05) is 41.5 Å². The van der Waals surface area contributed by atoms with E-state index in [2.05, 4.69) is 0 Å². The molecule has 0 aromatic heterocycles. The van der Waals surface area contributed by atoms with Gasteiger partial charge >= 0.3 is 24.1 Å². The molecule has 0 radical (unpaired) electrons. The van der Waals surface area contributed by atoms with E-state index < -0.39 is 48.2 Å². The lowest BCUT2D eigenvalue weighted by Crippen LogP contribution is -2.39. The molecular weight excluding hydrogens is 530 g/mol. The van der Waals surface area contributed by atoms with Gasteiger partial charge in [0.1, 0.15) is 18.2 Å². The van der Waals surface area contributed by atoms with Crippen LogP contribution in [0.25, 0.3) is 0 Å². The lowest BCUT2D eigenvalue weighted by Gasteiger charge is -2.22. The summed E-state index contributed by atoms with van der Waals surface area (Å²) >= 11 is 0. The summed E-state index contributed by atoms with van der Waals surface area (Å²) in [6.07, 6.45) is -1.60. The minimum absolute atomic E-state index is 0.0381. The third kappa shape index (κ3) is 12.5. The van der Waals surface area contributed by atoms with Gasteiger partial charge in [0.15, 0.2) is 11.5 Å². The third-order valence-electron chi connectivity index (χ3n) is 7.09. The summed E-state index contributed by atoms with van der Waals surface area (Å²) in [5.74, 6) is -1.74. The van der Waals surface area contributed by atoms with E-state index >= 15 is 0 Å². The maximum absolute atomic E-state index is 12.7. The maximum atomic E-state index is 12.7. The molecule has 232 valence electrons. The molecule has 0 aliphatic heterocycles. The van der Waals surface area contributed by atoms with Gasteiger partial charge in [0.2, 0.25) is 0 Å². The van der Waals surface area contributed by atoms with Gasteiger partial charge in [0, 0.05) is 0 Å². The van der Waals surface area contributed by atoms with Gasteiger partial charge < -0.3 is 29.4 Å². The maximum Gasteiger partial charge on any atom is 0.508 e. The first-order valence-corrected chi connectivity index (χ1v) is 14.4. The number of benzene rings is 1. The smallest absolute Gasteiger partial charge is 0.458 e. The highest BCUT2D eigenvalue weighted by atomic mass is 16.7. The predicted molar refractivity (Wildman–Crippen MR) is 154 cm³/mol. The van der Waals surface area contributed by atoms with Crippen LogP contribution in [-0.2, 0) is 35.0 Å². The van der Waals surface area contributed by atoms with Crippen LogP contribution in [0.15, 0.2) is 18.2 Å². The van der Waals surface area contributed by atoms with Crippen molar-refractivity contribution in [3.05, 3.63) is 23.8 Å². The van der Waals surface area contributed by atoms with Crippen molar-refractivity contribution in [2.75, 3.05) is 6.61 Å². The van der Waals surface area contributed by atoms with Crippen LogP contribution in [0.2, 0.25) is 0 Å². The Hall–Kier alpha value is -3.14. The standard InChI is InChI=1S/C31H49NO9/c1-17(2)13-14-37-31(36)39-23(10)22(9)38-30(35)25(32)15-24-11-12-26(40-28(33)20(7)18(3)4)27(16-24)41-29(34)21(8)19(5)6/h11-12,16-23,25H,13-15,32H2,1-10H3/t20?,21?,22-,23-,25-/m0/s1. The summed E-state index contributed by atoms with van der Waals surface area (Å²) < 4.78 is 26.8. The SMILES string of the molecule is CC(C)CCOC(=O)O[C@@H](C)[C@H](C)OC(=O)[C@@H](N)Cc1ccc(OC(=O)C(C)C(C)C)c(OC(=O)C(C)C(C)C)c1. The van der Waals surface area contributed by atoms with Crippen LogP contribution in [0.4, 0.5) is 4.79 Å². The molecule has 10 heteroatoms. The first-order chi connectivity index (χ1) is 19.0. The number of carbonyl (C=O) groups is 4. The Morgan fingerprint density at radius 2 is 1.22 bits per heavy atom. The zero-order chi connectivity index (χ0) is 31.4. The van der Waals surface area contributed by atoms with Crippen LogP contribution < -0.4 is 15.2 Å². The lowest BCUT2D eigenvalue weighted by molar-refractivity contribution is -0.155. The van der Waals surface area contributed by atoms with Crippen molar-refractivity contribution in [3.63, 3.8) is 0 Å². The topological polar surface area (TPSA) is 140 Å². The fraction of sp³-hybridized carbons (Fsp3) is 0.677. The number of rotatable bonds is 15. The Bertz CT molecular complexity index is 1020. The average molecular weight is 580 g/mol. The van der Waals surface area contributed by atoms with Gasteiger partial charge in [-0.25, -0.2) is 4.79 Å². The van der Waals surface area contributed by atoms with Gasteiger partial charge in [0.25, 0.3) is 0 Å². The molecule has 2 N–H and O–H groups in total. The van der Waals surface area contributed by atoms with Crippen LogP contribution in [0, 0.1) is 29.6 Å². The molecule has 41 heavy (non-hydrogen) atoms. The van der Waals surface area contributed by atoms with Crippen molar-refractivity contribution in [1.29, 1.82) is 0 Å². The molecule has 0 saturated heterocycles. The highest BCUT2D eigenvalue weighted by Gasteiger charge is 2.27. The molecule has 0 aliphatic rings. The normalized spacial score (nSPS) is 15.1. The Kier molecular flexibility index (Phi) is 14.8. The predicted octanol–water partition coefficient (Wildman–Crippen LogP) is 5.47. The number of hydrogen-bond donors (Lipinski definition) is 1. The summed E-state index contributed by atoms with van der Waals surface area (Å²) in [6, 6.07) is 3.63. The Labute approximate surface area is 244 Å². The third-order valence-corrected chi connectivity index (χ3v) is 7.09. The van der Waals surface area contributed by atoms with Crippen LogP contribution in [0.3, 0.4) is 0 Å². The zero-order valence-electron chi connectivity index (χ0n) is 26.2. The van der Waals surface area contributed by atoms with Crippen LogP contribution in [0.5, 0.6) is 11.5 Å². The molecular formula is C31H49NO9. The molecule has 5 atom stereocenters. The van der Waals surface area contributed by atoms with Gasteiger partial charge in [-0.2, -0.15) is 0 Å². The van der Waals surface area contributed by atoms with E-state index in [0.717, 1.165) is 0 Å². The summed E-state index contributed by atoms with van der Waals surface area (Å²) in [7, 11) is 0. The average Bonchev–Trinajstić information content (AvgIpc) is 2.88. The van der Waals surface area contributed by atoms with Crippen molar-refractivity contribution in [3.8, 4) is 11.5 Å². The summed E-state index contributed by atoms with van der Waals surface area (Å²) in [5.41, 5.74) is 6.69. The number of carbonyl (C=O) groups excluding carboxylic acids is 4. The van der Waals surface area contributed by atoms with Gasteiger partial charge in [-0.1, -0.05) is 61.5 Å². The molecule has 0 saturated carbocycles. The van der Waals surface area contributed by atoms with E-state index in [1.165, 1.54) is 12.1 Å². The molecule has 0 fully saturated rings. The fourth-order valence-corrected chi connectivity index (χ4v) is 3.15. The van der Waals surface area contributed by atoms with Gasteiger partial charge in [0.05, 0.1) is 18.4 Å². The summed E-state index contributed by atoms with van der Waals surface area (Å²) in [4.78, 5) is 49.9. The molecule has 2 unspecified atom stereocenters. The van der Waals surface area contributed by atoms with E-state index in [0.29, 0.717) is 17.9 Å². The number of hydrogen-bond acceptors (Lipinski definition) is 10. The quantitative estimate of drug-likeness (QED) is 0.210. The molecule has 0 amide bonds. The minimum atomic E-state index is -1.06. The van der Waals surface area contributed by atoms with Crippen molar-refractivity contribution >= 4 is 24.1 Å². The summed E-state index contributed by atoms with van der Waals surface area (Å²) in [6.45, 7) is 18.6. The first-order valence-electron chi connectivity index (χ1n) is 14.4. The molecule has 1 aromatic rings. The molecule has 0 bridgehead atoms. The van der Waals surface area contributed by atoms with Gasteiger partial charge in [-0.3, -0.25) is 14.4 Å². The van der Waals surface area contributed by atoms with Crippen molar-refractivity contribution < 1.29 is 42.9 Å². The second-order valence-electron chi connectivity index (χ2n) is 11.7. The molecule has 1 rings (SSSR count). The first kappa shape index (κ1) is 35.9. The molecule has 0 heterocycles. The summed E-state index contributed by atoms with van der Waals surface area (Å²) in [5, 5.41) is 0. The molecule has 0 aliphatic carbocycles. The van der Waals surface area contributed by atoms with E-state index in [4.69, 9.17) is 29.4 Å². The second kappa shape index (κ2) is 17.0. The zero-order valence-corrected chi connectivity index (χ0v) is 26.2. The molecule has 0 spiro atoms. The van der Waals surface area contributed by atoms with Crippen molar-refractivity contribution in [1.82, 2.24) is 0 Å². The lowest BCUT2D eigenvalue weighted by atomic mass is 9.98. The van der Waals surface area contributed by atoms with Crippen LogP contribution >= 0.6 is 0 Å². The number of nitrogens with two attached hydrogens (primary N) is 1. The Balaban J connectivity index is 2.94. The molecule has 10 nitrogen and oxygen atoms in total. The van der Waals surface area contributed by atoms with Gasteiger partial charge in [-0.05, 0) is 62.1 Å². The minimum Gasteiger partial charge on any atom is -0.458 e. The molecule has 1 aromatic carbocycles. The Morgan fingerprint density at radius 1 is 0.707 bits per heavy atom. The number of esters is 3. The van der Waals surface area contributed by atoms with Crippen molar-refractivity contribution in [2.24, 2.45) is 35.3 Å². The largest absolute Gasteiger partial charge is 0.508 e. The monoisotopic (exact) mass is 579 g/mol. The van der Waals surface area contributed by atoms with E-state index in [1.54, 1.807) is 33.8 Å². The van der Waals surface area contributed by atoms with E-state index in [9.17, 15) is 19.2 Å². The van der Waals surface area contributed by atoms with E-state index in [-0.39, 0.29) is 42.3 Å². The second-order valence-corrected chi connectivity index (χ2v) is 11.7. The van der Waals surface area contributed by atoms with Crippen LogP contribution in [0.1, 0.15) is 81.2 Å². The van der Waals surface area contributed by atoms with Crippen molar-refractivity contribution in [2.45, 2.75) is 100 Å². The Morgan fingerprint density at radius 3 is 1.73 bits per heavy atom.